The maximum Gasteiger partial charge on any atom is 0.338 e. The van der Waals surface area contributed by atoms with Crippen LogP contribution in [0, 0.1) is 23.7 Å². The van der Waals surface area contributed by atoms with Gasteiger partial charge in [-0.1, -0.05) is 48.5 Å². The lowest BCUT2D eigenvalue weighted by Crippen LogP contribution is -2.33. The van der Waals surface area contributed by atoms with Gasteiger partial charge in [0.15, 0.2) is 12.4 Å². The second-order valence-corrected chi connectivity index (χ2v) is 10.3. The first-order valence-electron chi connectivity index (χ1n) is 12.8. The number of rotatable bonds is 7. The third-order valence-electron chi connectivity index (χ3n) is 8.31. The van der Waals surface area contributed by atoms with Gasteiger partial charge in [0, 0.05) is 5.56 Å². The molecule has 38 heavy (non-hydrogen) atoms. The van der Waals surface area contributed by atoms with E-state index in [4.69, 9.17) is 9.47 Å². The highest BCUT2D eigenvalue weighted by Gasteiger charge is 2.64. The summed E-state index contributed by atoms with van der Waals surface area (Å²) in [6.45, 7) is -0.438. The molecule has 6 rings (SSSR count). The van der Waals surface area contributed by atoms with Gasteiger partial charge in [0.25, 0.3) is 0 Å². The lowest BCUT2D eigenvalue weighted by Gasteiger charge is -2.28. The second-order valence-electron chi connectivity index (χ2n) is 10.3. The molecule has 2 amide bonds. The summed E-state index contributed by atoms with van der Waals surface area (Å²) in [5, 5.41) is 0. The molecule has 3 fully saturated rings. The number of Topliss-reactive ketones (excluding diaryl/α,β-unsaturated/α-hetero) is 1. The summed E-state index contributed by atoms with van der Waals surface area (Å²) in [5.41, 5.74) is 2.13. The lowest BCUT2D eigenvalue weighted by atomic mass is 9.73. The first-order chi connectivity index (χ1) is 18.5. The Morgan fingerprint density at radius 3 is 2.37 bits per heavy atom. The molecule has 7 heteroatoms. The van der Waals surface area contributed by atoms with Crippen molar-refractivity contribution >= 4 is 29.3 Å². The van der Waals surface area contributed by atoms with Gasteiger partial charge in [0.1, 0.15) is 5.75 Å². The molecule has 1 aliphatic heterocycles. The Kier molecular flexibility index (Phi) is 6.06. The van der Waals surface area contributed by atoms with Crippen molar-refractivity contribution < 1.29 is 28.7 Å². The molecule has 0 radical (unpaired) electrons. The number of hydrogen-bond acceptors (Lipinski definition) is 6. The molecule has 7 nitrogen and oxygen atoms in total. The summed E-state index contributed by atoms with van der Waals surface area (Å²) in [6, 6.07) is 23.1. The van der Waals surface area contributed by atoms with Crippen molar-refractivity contribution in [2.45, 2.75) is 18.8 Å². The van der Waals surface area contributed by atoms with E-state index in [1.54, 1.807) is 42.5 Å². The van der Waals surface area contributed by atoms with Gasteiger partial charge >= 0.3 is 5.97 Å². The molecule has 0 aromatic heterocycles. The largest absolute Gasteiger partial charge is 0.497 e. The van der Waals surface area contributed by atoms with Crippen LogP contribution in [0.4, 0.5) is 5.69 Å². The number of imide groups is 1. The zero-order chi connectivity index (χ0) is 26.4. The van der Waals surface area contributed by atoms with Crippen LogP contribution in [0.15, 0.2) is 78.9 Å². The highest BCUT2D eigenvalue weighted by molar-refractivity contribution is 6.23. The maximum atomic E-state index is 13.6. The molecule has 0 spiro atoms. The first kappa shape index (κ1) is 24.1. The van der Waals surface area contributed by atoms with E-state index < -0.39 is 12.6 Å². The number of amides is 2. The number of hydrogen-bond donors (Lipinski definition) is 0. The van der Waals surface area contributed by atoms with Crippen LogP contribution < -0.4 is 9.64 Å². The number of methoxy groups -OCH3 is 1. The molecule has 5 atom stereocenters. The maximum absolute atomic E-state index is 13.6. The predicted molar refractivity (Wildman–Crippen MR) is 139 cm³/mol. The van der Waals surface area contributed by atoms with Crippen LogP contribution >= 0.6 is 0 Å². The number of ketones is 1. The third-order valence-corrected chi connectivity index (χ3v) is 8.31. The van der Waals surface area contributed by atoms with Crippen molar-refractivity contribution in [3.63, 3.8) is 0 Å². The number of anilines is 1. The Labute approximate surface area is 220 Å². The van der Waals surface area contributed by atoms with E-state index in [1.807, 2.05) is 18.2 Å². The quantitative estimate of drug-likeness (QED) is 0.261. The van der Waals surface area contributed by atoms with Gasteiger partial charge in [-0.2, -0.15) is 0 Å². The van der Waals surface area contributed by atoms with Crippen molar-refractivity contribution in [1.29, 1.82) is 0 Å². The van der Waals surface area contributed by atoms with E-state index in [0.29, 0.717) is 17.0 Å². The van der Waals surface area contributed by atoms with Crippen molar-refractivity contribution in [3.8, 4) is 5.75 Å². The van der Waals surface area contributed by atoms with E-state index in [9.17, 15) is 19.2 Å². The van der Waals surface area contributed by atoms with Crippen LogP contribution in [-0.4, -0.2) is 37.3 Å². The number of ether oxygens (including phenoxy) is 2. The molecule has 2 bridgehead atoms. The average Bonchev–Trinajstić information content (AvgIpc) is 3.63. The molecule has 1 saturated heterocycles. The second kappa shape index (κ2) is 9.56. The van der Waals surface area contributed by atoms with Crippen LogP contribution in [-0.2, 0) is 14.3 Å². The highest BCUT2D eigenvalue weighted by atomic mass is 16.5. The summed E-state index contributed by atoms with van der Waals surface area (Å²) >= 11 is 0. The fourth-order valence-electron chi connectivity index (χ4n) is 6.66. The zero-order valence-electron chi connectivity index (χ0n) is 20.9. The summed E-state index contributed by atoms with van der Waals surface area (Å²) < 4.78 is 10.4. The molecule has 3 aliphatic rings. The minimum Gasteiger partial charge on any atom is -0.497 e. The number of esters is 1. The molecule has 192 valence electrons. The summed E-state index contributed by atoms with van der Waals surface area (Å²) in [5.74, 6) is -0.931. The summed E-state index contributed by atoms with van der Waals surface area (Å²) in [7, 11) is 1.51. The molecule has 2 saturated carbocycles. The van der Waals surface area contributed by atoms with Gasteiger partial charge < -0.3 is 9.47 Å². The smallest absolute Gasteiger partial charge is 0.338 e. The Bertz CT molecular complexity index is 1430. The van der Waals surface area contributed by atoms with Crippen molar-refractivity contribution in [2.75, 3.05) is 18.6 Å². The standard InChI is InChI=1S/C31H27NO6/c1-37-23-12-6-9-19(14-23)26(33)17-38-31(36)20-10-5-11-22(13-20)32-29(34)27-21-15-24(18-7-3-2-4-8-18)25(16-21)28(27)30(32)35/h2-14,21,24-25,27-28H,15-17H2,1H3/t21-,24-,25-,27+,28+/m1/s1. The van der Waals surface area contributed by atoms with Crippen LogP contribution in [0.5, 0.6) is 5.75 Å². The van der Waals surface area contributed by atoms with Crippen LogP contribution in [0.3, 0.4) is 0 Å². The fourth-order valence-corrected chi connectivity index (χ4v) is 6.66. The Balaban J connectivity index is 1.17. The van der Waals surface area contributed by atoms with Crippen molar-refractivity contribution in [2.24, 2.45) is 23.7 Å². The topological polar surface area (TPSA) is 90.0 Å². The predicted octanol–water partition coefficient (Wildman–Crippen LogP) is 4.66. The molecule has 0 unspecified atom stereocenters. The minimum atomic E-state index is -0.702. The number of fused-ring (bicyclic) bond motifs is 5. The Hall–Kier alpha value is -4.26. The van der Waals surface area contributed by atoms with Crippen LogP contribution in [0.1, 0.15) is 45.0 Å². The lowest BCUT2D eigenvalue weighted by molar-refractivity contribution is -0.123. The van der Waals surface area contributed by atoms with E-state index in [-0.39, 0.29) is 52.8 Å². The van der Waals surface area contributed by atoms with E-state index >= 15 is 0 Å². The number of carbonyl (C=O) groups is 4. The van der Waals surface area contributed by atoms with Gasteiger partial charge in [-0.15, -0.1) is 0 Å². The van der Waals surface area contributed by atoms with E-state index in [2.05, 4.69) is 12.1 Å². The van der Waals surface area contributed by atoms with Crippen LogP contribution in [0.25, 0.3) is 0 Å². The van der Waals surface area contributed by atoms with Gasteiger partial charge in [0.2, 0.25) is 11.8 Å². The number of carbonyl (C=O) groups excluding carboxylic acids is 4. The van der Waals surface area contributed by atoms with Gasteiger partial charge in [-0.05, 0) is 66.5 Å². The SMILES string of the molecule is COc1cccc(C(=O)COC(=O)c2cccc(N3C(=O)[C@H]4[C@H]5C[C@@H]([C@@H]4C3=O)[C@@H](c3ccccc3)C5)c2)c1. The zero-order valence-corrected chi connectivity index (χ0v) is 20.9. The third kappa shape index (κ3) is 3.99. The fraction of sp³-hybridized carbons (Fsp3) is 0.290. The van der Waals surface area contributed by atoms with Gasteiger partial charge in [0.05, 0.1) is 30.2 Å². The van der Waals surface area contributed by atoms with Crippen LogP contribution in [0.2, 0.25) is 0 Å². The summed E-state index contributed by atoms with van der Waals surface area (Å²) in [4.78, 5) is 53.6. The van der Waals surface area contributed by atoms with E-state index in [1.165, 1.54) is 23.6 Å². The molecule has 3 aromatic rings. The van der Waals surface area contributed by atoms with Gasteiger partial charge in [-0.25, -0.2) is 4.79 Å². The molecule has 2 aliphatic carbocycles. The van der Waals surface area contributed by atoms with E-state index in [0.717, 1.165) is 12.8 Å². The normalized spacial score (nSPS) is 25.4. The Morgan fingerprint density at radius 2 is 1.58 bits per heavy atom. The first-order valence-corrected chi connectivity index (χ1v) is 12.8. The van der Waals surface area contributed by atoms with Gasteiger partial charge in [-0.3, -0.25) is 19.3 Å². The minimum absolute atomic E-state index is 0.143. The average molecular weight is 510 g/mol. The van der Waals surface area contributed by atoms with Crippen molar-refractivity contribution in [1.82, 2.24) is 0 Å². The molecular weight excluding hydrogens is 482 g/mol. The molecular formula is C31H27NO6. The highest BCUT2D eigenvalue weighted by Crippen LogP contribution is 2.61. The Morgan fingerprint density at radius 1 is 0.842 bits per heavy atom. The van der Waals surface area contributed by atoms with Crippen molar-refractivity contribution in [3.05, 3.63) is 95.6 Å². The molecule has 3 aromatic carbocycles. The number of benzene rings is 3. The molecule has 0 N–H and O–H groups in total. The summed E-state index contributed by atoms with van der Waals surface area (Å²) in [6.07, 6.45) is 1.81. The molecule has 1 heterocycles. The monoisotopic (exact) mass is 509 g/mol. The number of nitrogens with zero attached hydrogens (tertiary/aromatic N) is 1.